The van der Waals surface area contributed by atoms with Gasteiger partial charge in [-0.15, -0.1) is 166 Å². The van der Waals surface area contributed by atoms with Gasteiger partial charge in [-0.05, 0) is 137 Å². The van der Waals surface area contributed by atoms with Crippen molar-refractivity contribution in [3.05, 3.63) is 390 Å². The van der Waals surface area contributed by atoms with E-state index in [1.807, 2.05) is 122 Å². The first-order chi connectivity index (χ1) is 48.8. The van der Waals surface area contributed by atoms with Crippen LogP contribution in [-0.2, 0) is 107 Å². The Morgan fingerprint density at radius 3 is 1.11 bits per heavy atom. The minimum Gasteiger partial charge on any atom is -0.305 e. The molecule has 15 aromatic rings. The second-order valence-corrected chi connectivity index (χ2v) is 24.9. The maximum atomic E-state index is 4.61. The summed E-state index contributed by atoms with van der Waals surface area (Å²) in [5, 5.41) is 0. The molecule has 5 radical (unpaired) electrons. The average molecular weight is 2250 g/mol. The molecule has 0 saturated heterocycles. The molecule has 10 heteroatoms. The van der Waals surface area contributed by atoms with Crippen LogP contribution in [-0.4, -0.2) is 24.9 Å². The second kappa shape index (κ2) is 43.0. The van der Waals surface area contributed by atoms with Crippen LogP contribution in [0.15, 0.2) is 310 Å². The van der Waals surface area contributed by atoms with Gasteiger partial charge in [0, 0.05) is 131 Å². The standard InChI is InChI=1S/C21H20N.3C19H16N.C17H12N.5Ir/c1-14-10-15(2)12-20(11-14)18-6-5-7-19(13-18)21-17(4)16(3)8-9-22-21;1-14-11-15(2)13-18(12-14)16-6-8-17(9-7-16)19-5-3-4-10-20-19;1-14-11-15(2)20-19(12-14)18-10-6-9-17(13-18)16-7-4-3-5-8-16;1-2-15-11-12-20-19(13-15)18-10-6-9-17(14-18)16-7-4-3-5-8-16;1-2-6-14(7-3-1)15-9-11-16(12-10-15)17-8-4-5-13-18-17;;;;;/h5-6,8-13H,1-4H3;3-8,10-13H,1-2H3;3-9,11-13H,1-2H3;3-9,11-14H,2H2,1H3;1-11,13H;;;;;/q5*-1;;;;;. The van der Waals surface area contributed by atoms with Crippen molar-refractivity contribution in [3.63, 3.8) is 0 Å². The van der Waals surface area contributed by atoms with Crippen LogP contribution in [0.25, 0.3) is 112 Å². The minimum atomic E-state index is 0. The first-order valence-electron chi connectivity index (χ1n) is 33.9. The third-order valence-corrected chi connectivity index (χ3v) is 17.0. The number of rotatable bonds is 11. The summed E-state index contributed by atoms with van der Waals surface area (Å²) in [6, 6.07) is 114. The third-order valence-electron chi connectivity index (χ3n) is 17.0. The van der Waals surface area contributed by atoms with E-state index in [2.05, 4.69) is 293 Å². The first kappa shape index (κ1) is 85.1. The molecule has 105 heavy (non-hydrogen) atoms. The summed E-state index contributed by atoms with van der Waals surface area (Å²) in [6.45, 7) is 19.0. The molecule has 5 nitrogen and oxygen atoms in total. The quantitative estimate of drug-likeness (QED) is 0.121. The zero-order valence-electron chi connectivity index (χ0n) is 60.1. The molecular formula is C95H80Ir5N5-5. The third kappa shape index (κ3) is 24.6. The van der Waals surface area contributed by atoms with Crippen LogP contribution in [0.2, 0.25) is 0 Å². The molecule has 0 aliphatic heterocycles. The zero-order chi connectivity index (χ0) is 69.6. The van der Waals surface area contributed by atoms with Crippen LogP contribution in [0.3, 0.4) is 0 Å². The van der Waals surface area contributed by atoms with Gasteiger partial charge in [-0.2, -0.15) is 0 Å². The summed E-state index contributed by atoms with van der Waals surface area (Å²) in [4.78, 5) is 22.3. The molecule has 0 aliphatic rings. The van der Waals surface area contributed by atoms with Gasteiger partial charge in [0.2, 0.25) is 0 Å². The number of benzene rings is 10. The Morgan fingerprint density at radius 1 is 0.267 bits per heavy atom. The van der Waals surface area contributed by atoms with Gasteiger partial charge in [0.25, 0.3) is 0 Å². The van der Waals surface area contributed by atoms with Gasteiger partial charge in [0.1, 0.15) is 0 Å². The predicted octanol–water partition coefficient (Wildman–Crippen LogP) is 24.1. The second-order valence-electron chi connectivity index (χ2n) is 24.9. The van der Waals surface area contributed by atoms with Crippen LogP contribution in [0.4, 0.5) is 0 Å². The molecule has 0 aliphatic carbocycles. The number of hydrogen-bond acceptors (Lipinski definition) is 5. The maximum Gasteiger partial charge on any atom is 0.0268 e. The monoisotopic (exact) mass is 2260 g/mol. The van der Waals surface area contributed by atoms with Crippen LogP contribution >= 0.6 is 0 Å². The van der Waals surface area contributed by atoms with Crippen molar-refractivity contribution in [2.75, 3.05) is 0 Å². The fourth-order valence-electron chi connectivity index (χ4n) is 11.8. The molecule has 0 fully saturated rings. The average Bonchev–Trinajstić information content (AvgIpc) is 0.812. The fourth-order valence-corrected chi connectivity index (χ4v) is 11.8. The molecule has 0 amide bonds. The van der Waals surface area contributed by atoms with Crippen molar-refractivity contribution >= 4 is 0 Å². The van der Waals surface area contributed by atoms with Gasteiger partial charge in [-0.3, -0.25) is 0 Å². The zero-order valence-corrected chi connectivity index (χ0v) is 72.0. The first-order valence-corrected chi connectivity index (χ1v) is 33.9. The normalized spacial score (nSPS) is 9.99. The van der Waals surface area contributed by atoms with Crippen molar-refractivity contribution in [1.29, 1.82) is 0 Å². The van der Waals surface area contributed by atoms with Gasteiger partial charge >= 0.3 is 0 Å². The predicted molar refractivity (Wildman–Crippen MR) is 417 cm³/mol. The molecular weight excluding hydrogens is 2170 g/mol. The molecule has 0 N–H and O–H groups in total. The number of aryl methyl sites for hydroxylation is 8. The van der Waals surface area contributed by atoms with Crippen LogP contribution < -0.4 is 0 Å². The van der Waals surface area contributed by atoms with Gasteiger partial charge in [0.05, 0.1) is 0 Å². The van der Waals surface area contributed by atoms with E-state index < -0.39 is 0 Å². The molecule has 0 spiro atoms. The Balaban J connectivity index is 0.000000204. The van der Waals surface area contributed by atoms with Crippen molar-refractivity contribution in [3.8, 4) is 112 Å². The van der Waals surface area contributed by atoms with E-state index in [1.54, 1.807) is 12.4 Å². The van der Waals surface area contributed by atoms with Gasteiger partial charge < -0.3 is 24.9 Å². The molecule has 5 heterocycles. The molecule has 0 atom stereocenters. The maximum absolute atomic E-state index is 4.61. The minimum absolute atomic E-state index is 0. The number of nitrogens with zero attached hydrogens (tertiary/aromatic N) is 5. The number of hydrogen-bond donors (Lipinski definition) is 0. The Morgan fingerprint density at radius 2 is 0.667 bits per heavy atom. The van der Waals surface area contributed by atoms with E-state index in [1.165, 1.54) is 100 Å². The smallest absolute Gasteiger partial charge is 0.0268 e. The summed E-state index contributed by atoms with van der Waals surface area (Å²) >= 11 is 0. The van der Waals surface area contributed by atoms with Gasteiger partial charge in [-0.1, -0.05) is 237 Å². The van der Waals surface area contributed by atoms with Gasteiger partial charge in [-0.25, -0.2) is 0 Å². The van der Waals surface area contributed by atoms with Crippen molar-refractivity contribution in [1.82, 2.24) is 24.9 Å². The van der Waals surface area contributed by atoms with E-state index in [4.69, 9.17) is 0 Å². The van der Waals surface area contributed by atoms with Crippen LogP contribution in [0.5, 0.6) is 0 Å². The van der Waals surface area contributed by atoms with Gasteiger partial charge in [0.15, 0.2) is 0 Å². The summed E-state index contributed by atoms with van der Waals surface area (Å²) in [5.41, 5.74) is 33.4. The number of aromatic nitrogens is 5. The molecule has 15 rings (SSSR count). The molecule has 535 valence electrons. The van der Waals surface area contributed by atoms with E-state index in [0.717, 1.165) is 68.4 Å². The Hall–Kier alpha value is -8.80. The molecule has 5 aromatic heterocycles. The summed E-state index contributed by atoms with van der Waals surface area (Å²) < 4.78 is 0. The Kier molecular flexibility index (Phi) is 34.8. The largest absolute Gasteiger partial charge is 0.305 e. The van der Waals surface area contributed by atoms with E-state index in [0.29, 0.717) is 0 Å². The van der Waals surface area contributed by atoms with Crippen molar-refractivity contribution in [2.45, 2.75) is 68.7 Å². The molecule has 0 saturated carbocycles. The summed E-state index contributed by atoms with van der Waals surface area (Å²) in [6.07, 6.45) is 8.37. The number of pyridine rings is 5. The van der Waals surface area contributed by atoms with Crippen molar-refractivity contribution < 1.29 is 101 Å². The summed E-state index contributed by atoms with van der Waals surface area (Å²) in [7, 11) is 0. The van der Waals surface area contributed by atoms with E-state index in [9.17, 15) is 0 Å². The summed E-state index contributed by atoms with van der Waals surface area (Å²) in [5.74, 6) is 0. The molecule has 0 unspecified atom stereocenters. The Labute approximate surface area is 689 Å². The van der Waals surface area contributed by atoms with Crippen LogP contribution in [0.1, 0.15) is 57.1 Å². The SMILES string of the molecule is CCc1ccnc(-c2[c-]ccc(-c3ccccc3)c2)c1.Cc1cc(C)cc(-c2c[c-]c(-c3ccccn3)cc2)c1.Cc1cc(C)cc(-c2cc[c-]c(-c3nccc(C)c3C)c2)c1.Cc1cc(C)nc(-c2[c-]ccc(-c3ccccc3)c2)c1.[Ir].[Ir].[Ir].[Ir].[Ir].[c-]1cc(-c2ccccc2)ccc1-c1ccccn1. The molecule has 10 aromatic carbocycles. The topological polar surface area (TPSA) is 64.5 Å². The molecule has 0 bridgehead atoms. The van der Waals surface area contributed by atoms with E-state index in [-0.39, 0.29) is 101 Å². The van der Waals surface area contributed by atoms with Crippen molar-refractivity contribution in [2.24, 2.45) is 0 Å². The fraction of sp³-hybridized carbons (Fsp3) is 0.105. The van der Waals surface area contributed by atoms with Crippen LogP contribution in [0, 0.1) is 85.7 Å². The van der Waals surface area contributed by atoms with E-state index >= 15 is 0 Å². The Bertz CT molecular complexity index is 5000.